The van der Waals surface area contributed by atoms with Gasteiger partial charge in [0.05, 0.1) is 21.8 Å². The molecule has 0 saturated heterocycles. The molecule has 0 saturated carbocycles. The van der Waals surface area contributed by atoms with Crippen LogP contribution < -0.4 is 11.5 Å². The van der Waals surface area contributed by atoms with E-state index in [0.29, 0.717) is 16.6 Å². The number of sulfone groups is 1. The maximum absolute atomic E-state index is 13.0. The molecule has 4 N–H and O–H groups in total. The lowest BCUT2D eigenvalue weighted by Crippen LogP contribution is -2.07. The first-order valence-corrected chi connectivity index (χ1v) is 9.90. The van der Waals surface area contributed by atoms with E-state index in [0.717, 1.165) is 16.9 Å². The molecule has 0 unspecified atom stereocenters. The van der Waals surface area contributed by atoms with E-state index in [1.54, 1.807) is 11.4 Å². The molecule has 9 heteroatoms. The molecule has 0 aliphatic carbocycles. The van der Waals surface area contributed by atoms with Crippen LogP contribution in [0.4, 0.5) is 11.6 Å². The zero-order chi connectivity index (χ0) is 18.3. The molecule has 2 aromatic heterocycles. The van der Waals surface area contributed by atoms with Crippen molar-refractivity contribution in [3.63, 3.8) is 0 Å². The van der Waals surface area contributed by atoms with Crippen LogP contribution in [0, 0.1) is 0 Å². The van der Waals surface area contributed by atoms with E-state index in [1.807, 2.05) is 30.3 Å². The predicted octanol–water partition coefficient (Wildman–Crippen LogP) is 2.75. The second kappa shape index (κ2) is 6.04. The van der Waals surface area contributed by atoms with Gasteiger partial charge in [0.2, 0.25) is 20.1 Å². The van der Waals surface area contributed by atoms with Crippen LogP contribution in [0.2, 0.25) is 0 Å². The molecule has 0 bridgehead atoms. The molecular weight excluding hydrogens is 370 g/mol. The molecule has 0 aliphatic rings. The monoisotopic (exact) mass is 383 g/mol. The van der Waals surface area contributed by atoms with Crippen molar-refractivity contribution in [2.45, 2.75) is 9.24 Å². The third-order valence-corrected chi connectivity index (χ3v) is 6.92. The van der Waals surface area contributed by atoms with Gasteiger partial charge in [0.15, 0.2) is 0 Å². The summed E-state index contributed by atoms with van der Waals surface area (Å²) >= 11 is 1.06. The summed E-state index contributed by atoms with van der Waals surface area (Å²) in [5, 5.41) is 2.14. The number of hydrogen-bond acceptors (Lipinski definition) is 8. The molecule has 0 atom stereocenters. The third-order valence-electron chi connectivity index (χ3n) is 3.86. The average Bonchev–Trinajstić information content (AvgIpc) is 3.13. The van der Waals surface area contributed by atoms with Crippen LogP contribution in [-0.4, -0.2) is 23.4 Å². The van der Waals surface area contributed by atoms with Crippen LogP contribution in [-0.2, 0) is 9.84 Å². The van der Waals surface area contributed by atoms with Crippen molar-refractivity contribution in [3.05, 3.63) is 54.0 Å². The Morgan fingerprint density at radius 1 is 0.962 bits per heavy atom. The Balaban J connectivity index is 1.83. The summed E-state index contributed by atoms with van der Waals surface area (Å²) in [5.74, 6) is 0.0972. The minimum Gasteiger partial charge on any atom is -0.397 e. The molecule has 130 valence electrons. The van der Waals surface area contributed by atoms with Gasteiger partial charge in [0, 0.05) is 22.5 Å². The second-order valence-electron chi connectivity index (χ2n) is 5.51. The van der Waals surface area contributed by atoms with E-state index >= 15 is 0 Å². The Bertz CT molecular complexity index is 1220. The van der Waals surface area contributed by atoms with Gasteiger partial charge in [0.1, 0.15) is 0 Å². The molecule has 2 heterocycles. The first kappa shape index (κ1) is 16.4. The van der Waals surface area contributed by atoms with Crippen LogP contribution in [0.15, 0.2) is 63.3 Å². The van der Waals surface area contributed by atoms with Crippen molar-refractivity contribution in [1.29, 1.82) is 0 Å². The Morgan fingerprint density at radius 3 is 2.50 bits per heavy atom. The number of rotatable bonds is 3. The molecule has 4 rings (SSSR count). The maximum atomic E-state index is 13.0. The Hall–Kier alpha value is -3.04. The molecule has 7 nitrogen and oxygen atoms in total. The van der Waals surface area contributed by atoms with E-state index in [9.17, 15) is 8.42 Å². The first-order chi connectivity index (χ1) is 12.5. The van der Waals surface area contributed by atoms with Gasteiger partial charge in [-0.05, 0) is 12.1 Å². The largest absolute Gasteiger partial charge is 0.397 e. The topological polar surface area (TPSA) is 125 Å². The smallest absolute Gasteiger partial charge is 0.235 e. The number of thiazole rings is 1. The second-order valence-corrected chi connectivity index (χ2v) is 8.46. The summed E-state index contributed by atoms with van der Waals surface area (Å²) in [6.07, 6.45) is 1.42. The molecule has 0 aliphatic heterocycles. The number of anilines is 2. The Kier molecular flexibility index (Phi) is 3.82. The van der Waals surface area contributed by atoms with Crippen LogP contribution in [0.1, 0.15) is 0 Å². The number of nitrogens with two attached hydrogens (primary N) is 2. The molecule has 0 radical (unpaired) electrons. The highest BCUT2D eigenvalue weighted by atomic mass is 32.2. The minimum atomic E-state index is -3.86. The fourth-order valence-corrected chi connectivity index (χ4v) is 5.10. The lowest BCUT2D eigenvalue weighted by molar-refractivity contribution is 0.596. The van der Waals surface area contributed by atoms with Gasteiger partial charge in [-0.2, -0.15) is 0 Å². The van der Waals surface area contributed by atoms with E-state index in [2.05, 4.69) is 15.0 Å². The highest BCUT2D eigenvalue weighted by Crippen LogP contribution is 2.34. The number of benzene rings is 2. The summed E-state index contributed by atoms with van der Waals surface area (Å²) < 4.78 is 26.0. The summed E-state index contributed by atoms with van der Waals surface area (Å²) in [6, 6.07) is 12.4. The van der Waals surface area contributed by atoms with Gasteiger partial charge in [-0.3, -0.25) is 0 Å². The number of fused-ring (bicyclic) bond motifs is 1. The maximum Gasteiger partial charge on any atom is 0.235 e. The standard InChI is InChI=1S/C17H13N5O2S2/c18-15-11-8-20-16(19)21-12(11)6-7-14(15)26(23,24)17-22-13(9-25-17)10-4-2-1-3-5-10/h1-9H,18H2,(H2,19,20,21). The average molecular weight is 383 g/mol. The Labute approximate surface area is 153 Å². The van der Waals surface area contributed by atoms with E-state index in [4.69, 9.17) is 11.5 Å². The fourth-order valence-electron chi connectivity index (χ4n) is 2.57. The van der Waals surface area contributed by atoms with Crippen molar-refractivity contribution >= 4 is 43.7 Å². The summed E-state index contributed by atoms with van der Waals surface area (Å²) in [6.45, 7) is 0. The van der Waals surface area contributed by atoms with Crippen LogP contribution >= 0.6 is 11.3 Å². The molecular formula is C17H13N5O2S2. The summed E-state index contributed by atoms with van der Waals surface area (Å²) in [7, 11) is -3.86. The zero-order valence-electron chi connectivity index (χ0n) is 13.3. The van der Waals surface area contributed by atoms with Gasteiger partial charge in [0.25, 0.3) is 0 Å². The first-order valence-electron chi connectivity index (χ1n) is 7.53. The van der Waals surface area contributed by atoms with Crippen LogP contribution in [0.5, 0.6) is 0 Å². The SMILES string of the molecule is Nc1ncc2c(N)c(S(=O)(=O)c3nc(-c4ccccc4)cs3)ccc2n1. The molecule has 0 amide bonds. The summed E-state index contributed by atoms with van der Waals surface area (Å²) in [5.41, 5.74) is 13.7. The lowest BCUT2D eigenvalue weighted by Gasteiger charge is -2.08. The van der Waals surface area contributed by atoms with Crippen LogP contribution in [0.3, 0.4) is 0 Å². The minimum absolute atomic E-state index is 0.0150. The number of nitrogen functional groups attached to an aromatic ring is 2. The van der Waals surface area contributed by atoms with Crippen molar-refractivity contribution in [2.24, 2.45) is 0 Å². The van der Waals surface area contributed by atoms with Gasteiger partial charge < -0.3 is 11.5 Å². The molecule has 0 spiro atoms. The normalized spacial score (nSPS) is 11.7. The Morgan fingerprint density at radius 2 is 1.73 bits per heavy atom. The van der Waals surface area contributed by atoms with Gasteiger partial charge in [-0.1, -0.05) is 30.3 Å². The quantitative estimate of drug-likeness (QED) is 0.521. The predicted molar refractivity (Wildman–Crippen MR) is 101 cm³/mol. The lowest BCUT2D eigenvalue weighted by atomic mass is 10.2. The highest BCUT2D eigenvalue weighted by Gasteiger charge is 2.25. The van der Waals surface area contributed by atoms with Crippen molar-refractivity contribution in [1.82, 2.24) is 15.0 Å². The van der Waals surface area contributed by atoms with Crippen molar-refractivity contribution < 1.29 is 8.42 Å². The zero-order valence-corrected chi connectivity index (χ0v) is 15.0. The molecule has 26 heavy (non-hydrogen) atoms. The van der Waals surface area contributed by atoms with E-state index in [1.165, 1.54) is 12.3 Å². The number of hydrogen-bond donors (Lipinski definition) is 2. The van der Waals surface area contributed by atoms with E-state index < -0.39 is 9.84 Å². The van der Waals surface area contributed by atoms with Gasteiger partial charge in [-0.25, -0.2) is 23.4 Å². The van der Waals surface area contributed by atoms with Gasteiger partial charge >= 0.3 is 0 Å². The number of aromatic nitrogens is 3. The van der Waals surface area contributed by atoms with E-state index in [-0.39, 0.29) is 20.9 Å². The van der Waals surface area contributed by atoms with Crippen LogP contribution in [0.25, 0.3) is 22.2 Å². The highest BCUT2D eigenvalue weighted by molar-refractivity contribution is 7.93. The van der Waals surface area contributed by atoms with Crippen molar-refractivity contribution in [3.8, 4) is 11.3 Å². The molecule has 4 aromatic rings. The van der Waals surface area contributed by atoms with Crippen molar-refractivity contribution in [2.75, 3.05) is 11.5 Å². The van der Waals surface area contributed by atoms with Gasteiger partial charge in [-0.15, -0.1) is 11.3 Å². The molecule has 0 fully saturated rings. The fraction of sp³-hybridized carbons (Fsp3) is 0. The third kappa shape index (κ3) is 2.67. The summed E-state index contributed by atoms with van der Waals surface area (Å²) in [4.78, 5) is 12.2. The molecule has 2 aromatic carbocycles. The number of nitrogens with zero attached hydrogens (tertiary/aromatic N) is 3.